The van der Waals surface area contributed by atoms with Crippen LogP contribution in [-0.2, 0) is 4.74 Å². The van der Waals surface area contributed by atoms with Crippen LogP contribution in [0.15, 0.2) is 24.3 Å². The third-order valence-electron chi connectivity index (χ3n) is 3.79. The summed E-state index contributed by atoms with van der Waals surface area (Å²) in [5.41, 5.74) is 2.12. The standard InChI is InChI=1S/C16H21NO2S2/c1-12-11-17(7-8-19-12)15(18)13-3-5-14(6-4-13)16-20-9-2-10-21-16/h3-6,12,16H,2,7-11H2,1H3/t12-/m1/s1. The number of morpholine rings is 1. The van der Waals surface area contributed by atoms with E-state index in [2.05, 4.69) is 12.1 Å². The van der Waals surface area contributed by atoms with Gasteiger partial charge in [0.25, 0.3) is 5.91 Å². The molecule has 2 aliphatic rings. The molecule has 0 saturated carbocycles. The smallest absolute Gasteiger partial charge is 0.254 e. The molecule has 2 heterocycles. The Kier molecular flexibility index (Phi) is 5.14. The van der Waals surface area contributed by atoms with E-state index in [9.17, 15) is 4.79 Å². The fourth-order valence-corrected chi connectivity index (χ4v) is 5.54. The maximum atomic E-state index is 12.5. The molecule has 0 N–H and O–H groups in total. The molecule has 2 aliphatic heterocycles. The van der Waals surface area contributed by atoms with Gasteiger partial charge in [-0.15, -0.1) is 23.5 Å². The lowest BCUT2D eigenvalue weighted by molar-refractivity contribution is -0.0124. The topological polar surface area (TPSA) is 29.5 Å². The van der Waals surface area contributed by atoms with Crippen molar-refractivity contribution in [1.29, 1.82) is 0 Å². The van der Waals surface area contributed by atoms with Crippen molar-refractivity contribution in [2.75, 3.05) is 31.2 Å². The first-order valence-electron chi connectivity index (χ1n) is 7.48. The van der Waals surface area contributed by atoms with Crippen LogP contribution in [0, 0.1) is 0 Å². The number of carbonyl (C=O) groups is 1. The van der Waals surface area contributed by atoms with Crippen molar-refractivity contribution >= 4 is 29.4 Å². The second kappa shape index (κ2) is 7.07. The van der Waals surface area contributed by atoms with Crippen LogP contribution >= 0.6 is 23.5 Å². The lowest BCUT2D eigenvalue weighted by atomic mass is 10.1. The average Bonchev–Trinajstić information content (AvgIpc) is 2.55. The van der Waals surface area contributed by atoms with Gasteiger partial charge in [-0.1, -0.05) is 12.1 Å². The van der Waals surface area contributed by atoms with Crippen molar-refractivity contribution in [2.24, 2.45) is 0 Å². The minimum atomic E-state index is 0.126. The average molecular weight is 323 g/mol. The molecule has 1 aromatic rings. The Morgan fingerprint density at radius 3 is 2.62 bits per heavy atom. The maximum Gasteiger partial charge on any atom is 0.254 e. The molecular weight excluding hydrogens is 302 g/mol. The Bertz CT molecular complexity index is 486. The third kappa shape index (κ3) is 3.76. The molecule has 2 fully saturated rings. The van der Waals surface area contributed by atoms with Gasteiger partial charge in [-0.2, -0.15) is 0 Å². The summed E-state index contributed by atoms with van der Waals surface area (Å²) in [6.45, 7) is 4.04. The van der Waals surface area contributed by atoms with Crippen molar-refractivity contribution in [1.82, 2.24) is 4.90 Å². The van der Waals surface area contributed by atoms with E-state index in [0.29, 0.717) is 24.3 Å². The number of rotatable bonds is 2. The van der Waals surface area contributed by atoms with E-state index < -0.39 is 0 Å². The van der Waals surface area contributed by atoms with Gasteiger partial charge in [0.2, 0.25) is 0 Å². The highest BCUT2D eigenvalue weighted by Gasteiger charge is 2.23. The number of amides is 1. The third-order valence-corrected chi connectivity index (χ3v) is 6.80. The monoisotopic (exact) mass is 323 g/mol. The molecule has 3 rings (SSSR count). The van der Waals surface area contributed by atoms with Crippen LogP contribution in [0.1, 0.15) is 33.8 Å². The molecule has 1 aromatic carbocycles. The molecule has 0 aromatic heterocycles. The van der Waals surface area contributed by atoms with Crippen LogP contribution in [-0.4, -0.2) is 48.1 Å². The first-order valence-corrected chi connectivity index (χ1v) is 9.58. The Morgan fingerprint density at radius 2 is 1.95 bits per heavy atom. The quantitative estimate of drug-likeness (QED) is 0.834. The molecule has 0 radical (unpaired) electrons. The Morgan fingerprint density at radius 1 is 1.24 bits per heavy atom. The van der Waals surface area contributed by atoms with Gasteiger partial charge in [-0.05, 0) is 42.5 Å². The molecule has 5 heteroatoms. The van der Waals surface area contributed by atoms with Gasteiger partial charge >= 0.3 is 0 Å². The summed E-state index contributed by atoms with van der Waals surface area (Å²) in [6, 6.07) is 8.20. The number of thioether (sulfide) groups is 2. The number of benzene rings is 1. The highest BCUT2D eigenvalue weighted by Crippen LogP contribution is 2.43. The normalized spacial score (nSPS) is 24.0. The summed E-state index contributed by atoms with van der Waals surface area (Å²) < 4.78 is 6.03. The molecule has 0 aliphatic carbocycles. The van der Waals surface area contributed by atoms with Crippen LogP contribution in [0.2, 0.25) is 0 Å². The summed E-state index contributed by atoms with van der Waals surface area (Å²) in [7, 11) is 0. The Labute approximate surface area is 134 Å². The highest BCUT2D eigenvalue weighted by atomic mass is 32.2. The second-order valence-electron chi connectivity index (χ2n) is 5.48. The number of ether oxygens (including phenoxy) is 1. The van der Waals surface area contributed by atoms with E-state index in [1.165, 1.54) is 23.5 Å². The number of hydrogen-bond acceptors (Lipinski definition) is 4. The van der Waals surface area contributed by atoms with E-state index >= 15 is 0 Å². The largest absolute Gasteiger partial charge is 0.375 e. The van der Waals surface area contributed by atoms with Crippen molar-refractivity contribution < 1.29 is 9.53 Å². The van der Waals surface area contributed by atoms with Gasteiger partial charge < -0.3 is 9.64 Å². The van der Waals surface area contributed by atoms with Crippen molar-refractivity contribution in [3.05, 3.63) is 35.4 Å². The predicted octanol–water partition coefficient (Wildman–Crippen LogP) is 3.42. The summed E-state index contributed by atoms with van der Waals surface area (Å²) in [4.78, 5) is 14.4. The highest BCUT2D eigenvalue weighted by molar-refractivity contribution is 8.16. The van der Waals surface area contributed by atoms with Gasteiger partial charge in [0, 0.05) is 18.7 Å². The minimum absolute atomic E-state index is 0.126. The lowest BCUT2D eigenvalue weighted by Gasteiger charge is -2.31. The molecule has 1 atom stereocenters. The van der Waals surface area contributed by atoms with Crippen LogP contribution in [0.3, 0.4) is 0 Å². The first-order chi connectivity index (χ1) is 10.2. The van der Waals surface area contributed by atoms with Gasteiger partial charge in [-0.25, -0.2) is 0 Å². The molecule has 3 nitrogen and oxygen atoms in total. The molecule has 0 bridgehead atoms. The zero-order valence-corrected chi connectivity index (χ0v) is 13.9. The molecule has 2 saturated heterocycles. The van der Waals surface area contributed by atoms with Gasteiger partial charge in [0.05, 0.1) is 17.3 Å². The van der Waals surface area contributed by atoms with E-state index in [1.807, 2.05) is 47.5 Å². The summed E-state index contributed by atoms with van der Waals surface area (Å²) in [6.07, 6.45) is 1.44. The maximum absolute atomic E-state index is 12.5. The predicted molar refractivity (Wildman–Crippen MR) is 90.0 cm³/mol. The number of nitrogens with zero attached hydrogens (tertiary/aromatic N) is 1. The first kappa shape index (κ1) is 15.3. The molecule has 21 heavy (non-hydrogen) atoms. The van der Waals surface area contributed by atoms with Crippen LogP contribution < -0.4 is 0 Å². The van der Waals surface area contributed by atoms with Crippen molar-refractivity contribution in [3.8, 4) is 0 Å². The van der Waals surface area contributed by atoms with Gasteiger partial charge in [0.15, 0.2) is 0 Å². The second-order valence-corrected chi connectivity index (χ2v) is 8.21. The number of hydrogen-bond donors (Lipinski definition) is 0. The molecule has 1 amide bonds. The minimum Gasteiger partial charge on any atom is -0.375 e. The zero-order valence-electron chi connectivity index (χ0n) is 12.3. The van der Waals surface area contributed by atoms with E-state index in [-0.39, 0.29) is 12.0 Å². The van der Waals surface area contributed by atoms with Gasteiger partial charge in [-0.3, -0.25) is 4.79 Å². The lowest BCUT2D eigenvalue weighted by Crippen LogP contribution is -2.44. The van der Waals surface area contributed by atoms with Gasteiger partial charge in [0.1, 0.15) is 0 Å². The van der Waals surface area contributed by atoms with Crippen molar-refractivity contribution in [3.63, 3.8) is 0 Å². The molecule has 114 valence electrons. The van der Waals surface area contributed by atoms with E-state index in [1.54, 1.807) is 0 Å². The van der Waals surface area contributed by atoms with Crippen LogP contribution in [0.5, 0.6) is 0 Å². The fourth-order valence-electron chi connectivity index (χ4n) is 2.65. The fraction of sp³-hybridized carbons (Fsp3) is 0.562. The van der Waals surface area contributed by atoms with Crippen LogP contribution in [0.4, 0.5) is 0 Å². The van der Waals surface area contributed by atoms with Crippen LogP contribution in [0.25, 0.3) is 0 Å². The summed E-state index contributed by atoms with van der Waals surface area (Å²) in [5.74, 6) is 2.61. The summed E-state index contributed by atoms with van der Waals surface area (Å²) >= 11 is 4.02. The zero-order chi connectivity index (χ0) is 14.7. The van der Waals surface area contributed by atoms with E-state index in [0.717, 1.165) is 5.56 Å². The molecule has 0 spiro atoms. The van der Waals surface area contributed by atoms with Crippen molar-refractivity contribution in [2.45, 2.75) is 24.0 Å². The Balaban J connectivity index is 1.67. The molecule has 0 unspecified atom stereocenters. The number of carbonyl (C=O) groups excluding carboxylic acids is 1. The molecular formula is C16H21NO2S2. The SMILES string of the molecule is C[C@@H]1CN(C(=O)c2ccc(C3SCCCS3)cc2)CCO1. The summed E-state index contributed by atoms with van der Waals surface area (Å²) in [5, 5.41) is 0. The Hall–Kier alpha value is -0.650. The van der Waals surface area contributed by atoms with E-state index in [4.69, 9.17) is 4.74 Å².